The van der Waals surface area contributed by atoms with Crippen LogP contribution in [0.25, 0.3) is 0 Å². The van der Waals surface area contributed by atoms with Crippen molar-refractivity contribution in [1.82, 2.24) is 15.5 Å². The van der Waals surface area contributed by atoms with Gasteiger partial charge in [0.05, 0.1) is 6.04 Å². The maximum absolute atomic E-state index is 12.8. The van der Waals surface area contributed by atoms with Gasteiger partial charge in [0.15, 0.2) is 0 Å². The van der Waals surface area contributed by atoms with Crippen LogP contribution >= 0.6 is 11.8 Å². The normalized spacial score (nSPS) is 18.9. The van der Waals surface area contributed by atoms with Gasteiger partial charge in [-0.15, -0.1) is 10.2 Å². The molecule has 1 atom stereocenters. The van der Waals surface area contributed by atoms with Gasteiger partial charge in [0.2, 0.25) is 5.89 Å². The first kappa shape index (κ1) is 12.6. The van der Waals surface area contributed by atoms with Crippen molar-refractivity contribution in [1.29, 1.82) is 0 Å². The molecule has 0 aliphatic carbocycles. The minimum atomic E-state index is -0.221. The first-order valence-electron chi connectivity index (χ1n) is 6.25. The van der Waals surface area contributed by atoms with E-state index in [1.165, 1.54) is 23.9 Å². The van der Waals surface area contributed by atoms with Gasteiger partial charge in [0.1, 0.15) is 5.82 Å². The summed E-state index contributed by atoms with van der Waals surface area (Å²) in [5, 5.41) is 12.0. The summed E-state index contributed by atoms with van der Waals surface area (Å²) in [6.45, 7) is 1.01. The second kappa shape index (κ2) is 5.71. The monoisotopic (exact) mass is 279 g/mol. The third-order valence-electron chi connectivity index (χ3n) is 3.06. The fourth-order valence-corrected chi connectivity index (χ4v) is 2.77. The third-order valence-corrected chi connectivity index (χ3v) is 3.95. The predicted octanol–water partition coefficient (Wildman–Crippen LogP) is 2.93. The van der Waals surface area contributed by atoms with Crippen molar-refractivity contribution < 1.29 is 8.81 Å². The van der Waals surface area contributed by atoms with Crippen molar-refractivity contribution in [3.63, 3.8) is 0 Å². The molecule has 100 valence electrons. The van der Waals surface area contributed by atoms with E-state index in [4.69, 9.17) is 4.42 Å². The van der Waals surface area contributed by atoms with E-state index in [9.17, 15) is 4.39 Å². The number of rotatable bonds is 4. The van der Waals surface area contributed by atoms with Crippen molar-refractivity contribution in [3.05, 3.63) is 41.5 Å². The number of nitrogens with zero attached hydrogens (tertiary/aromatic N) is 2. The average Bonchev–Trinajstić information content (AvgIpc) is 3.09. The zero-order chi connectivity index (χ0) is 13.1. The lowest BCUT2D eigenvalue weighted by Gasteiger charge is -2.02. The fraction of sp³-hybridized carbons (Fsp3) is 0.385. The minimum absolute atomic E-state index is 0.202. The topological polar surface area (TPSA) is 51.0 Å². The van der Waals surface area contributed by atoms with Crippen LogP contribution in [0.15, 0.2) is 33.9 Å². The lowest BCUT2D eigenvalue weighted by Crippen LogP contribution is -2.12. The van der Waals surface area contributed by atoms with E-state index in [0.717, 1.165) is 24.9 Å². The van der Waals surface area contributed by atoms with Crippen LogP contribution in [0.2, 0.25) is 0 Å². The Hall–Kier alpha value is -1.40. The smallest absolute Gasteiger partial charge is 0.276 e. The highest BCUT2D eigenvalue weighted by Gasteiger charge is 2.22. The Morgan fingerprint density at radius 1 is 1.32 bits per heavy atom. The molecule has 1 N–H and O–H groups in total. The van der Waals surface area contributed by atoms with Gasteiger partial charge in [-0.25, -0.2) is 4.39 Å². The summed E-state index contributed by atoms with van der Waals surface area (Å²) in [7, 11) is 0. The lowest BCUT2D eigenvalue weighted by molar-refractivity contribution is 0.374. The number of thioether (sulfide) groups is 1. The predicted molar refractivity (Wildman–Crippen MR) is 70.2 cm³/mol. The number of hydrogen-bond acceptors (Lipinski definition) is 5. The van der Waals surface area contributed by atoms with E-state index in [0.29, 0.717) is 16.9 Å². The van der Waals surface area contributed by atoms with Gasteiger partial charge in [-0.3, -0.25) is 0 Å². The molecule has 1 aromatic carbocycles. The van der Waals surface area contributed by atoms with Crippen LogP contribution in [0.4, 0.5) is 4.39 Å². The van der Waals surface area contributed by atoms with E-state index in [1.807, 2.05) is 0 Å². The first-order chi connectivity index (χ1) is 9.31. The van der Waals surface area contributed by atoms with Crippen LogP contribution in [0.3, 0.4) is 0 Å². The molecular weight excluding hydrogens is 265 g/mol. The highest BCUT2D eigenvalue weighted by molar-refractivity contribution is 7.98. The van der Waals surface area contributed by atoms with E-state index < -0.39 is 0 Å². The summed E-state index contributed by atoms with van der Waals surface area (Å²) in [5.74, 6) is 1.14. The summed E-state index contributed by atoms with van der Waals surface area (Å²) < 4.78 is 18.4. The Morgan fingerprint density at radius 3 is 2.89 bits per heavy atom. The Morgan fingerprint density at radius 2 is 2.16 bits per heavy atom. The largest absolute Gasteiger partial charge is 0.414 e. The summed E-state index contributed by atoms with van der Waals surface area (Å²) in [4.78, 5) is 0. The van der Waals surface area contributed by atoms with Gasteiger partial charge in [0.25, 0.3) is 5.22 Å². The molecule has 1 aliphatic heterocycles. The molecule has 0 spiro atoms. The number of hydrogen-bond donors (Lipinski definition) is 1. The molecule has 1 aliphatic rings. The summed E-state index contributed by atoms with van der Waals surface area (Å²) in [5.41, 5.74) is 1.03. The van der Waals surface area contributed by atoms with Crippen molar-refractivity contribution >= 4 is 11.8 Å². The number of halogens is 1. The zero-order valence-electron chi connectivity index (χ0n) is 10.3. The number of nitrogens with one attached hydrogen (secondary N) is 1. The molecule has 3 rings (SSSR count). The lowest BCUT2D eigenvalue weighted by atomic mass is 10.2. The van der Waals surface area contributed by atoms with E-state index in [1.54, 1.807) is 12.1 Å². The Kier molecular flexibility index (Phi) is 3.79. The van der Waals surface area contributed by atoms with Crippen LogP contribution in [0.1, 0.15) is 30.3 Å². The van der Waals surface area contributed by atoms with Crippen molar-refractivity contribution in [2.24, 2.45) is 0 Å². The molecule has 4 nitrogen and oxygen atoms in total. The quantitative estimate of drug-likeness (QED) is 0.872. The van der Waals surface area contributed by atoms with E-state index >= 15 is 0 Å². The van der Waals surface area contributed by atoms with Gasteiger partial charge in [-0.2, -0.15) is 0 Å². The number of benzene rings is 1. The molecule has 1 fully saturated rings. The third kappa shape index (κ3) is 3.13. The average molecular weight is 279 g/mol. The summed E-state index contributed by atoms with van der Waals surface area (Å²) in [6.07, 6.45) is 2.19. The van der Waals surface area contributed by atoms with Crippen LogP contribution in [0.5, 0.6) is 0 Å². The molecule has 6 heteroatoms. The molecule has 1 saturated heterocycles. The van der Waals surface area contributed by atoms with Gasteiger partial charge < -0.3 is 9.73 Å². The Bertz CT molecular complexity index is 537. The zero-order valence-corrected chi connectivity index (χ0v) is 11.1. The standard InChI is InChI=1S/C13H14FN3OS/c14-10-5-3-9(4-6-10)8-19-13-17-16-12(18-13)11-2-1-7-15-11/h3-6,11,15H,1-2,7-8H2/t11-/m1/s1. The molecule has 0 radical (unpaired) electrons. The first-order valence-corrected chi connectivity index (χ1v) is 7.24. The summed E-state index contributed by atoms with van der Waals surface area (Å²) in [6, 6.07) is 6.64. The molecule has 2 heterocycles. The van der Waals surface area contributed by atoms with Crippen molar-refractivity contribution in [2.75, 3.05) is 6.54 Å². The maximum Gasteiger partial charge on any atom is 0.276 e. The van der Waals surface area contributed by atoms with Crippen LogP contribution < -0.4 is 5.32 Å². The molecule has 0 unspecified atom stereocenters. The maximum atomic E-state index is 12.8. The second-order valence-corrected chi connectivity index (χ2v) is 5.40. The highest BCUT2D eigenvalue weighted by Crippen LogP contribution is 2.26. The molecule has 19 heavy (non-hydrogen) atoms. The van der Waals surface area contributed by atoms with Gasteiger partial charge in [0, 0.05) is 5.75 Å². The van der Waals surface area contributed by atoms with E-state index in [2.05, 4.69) is 15.5 Å². The van der Waals surface area contributed by atoms with Gasteiger partial charge >= 0.3 is 0 Å². The van der Waals surface area contributed by atoms with Gasteiger partial charge in [-0.05, 0) is 37.1 Å². The van der Waals surface area contributed by atoms with Crippen molar-refractivity contribution in [2.45, 2.75) is 29.9 Å². The molecule has 1 aromatic heterocycles. The highest BCUT2D eigenvalue weighted by atomic mass is 32.2. The van der Waals surface area contributed by atoms with Crippen molar-refractivity contribution in [3.8, 4) is 0 Å². The minimum Gasteiger partial charge on any atom is -0.414 e. The molecule has 0 saturated carbocycles. The fourth-order valence-electron chi connectivity index (χ4n) is 2.04. The molecule has 0 amide bonds. The van der Waals surface area contributed by atoms with Crippen LogP contribution in [-0.2, 0) is 5.75 Å². The van der Waals surface area contributed by atoms with E-state index in [-0.39, 0.29) is 11.9 Å². The molecular formula is C13H14FN3OS. The SMILES string of the molecule is Fc1ccc(CSc2nnc([C@H]3CCCN3)o2)cc1. The molecule has 2 aromatic rings. The van der Waals surface area contributed by atoms with Crippen LogP contribution in [0, 0.1) is 5.82 Å². The molecule has 0 bridgehead atoms. The van der Waals surface area contributed by atoms with Gasteiger partial charge in [-0.1, -0.05) is 23.9 Å². The summed E-state index contributed by atoms with van der Waals surface area (Å²) >= 11 is 1.47. The Balaban J connectivity index is 1.59. The second-order valence-electron chi connectivity index (χ2n) is 4.47. The number of aromatic nitrogens is 2. The van der Waals surface area contributed by atoms with Crippen LogP contribution in [-0.4, -0.2) is 16.7 Å². The Labute approximate surface area is 114 Å².